The molecule has 0 fully saturated rings. The molecule has 0 heterocycles. The number of hydrogen-bond donors (Lipinski definition) is 1. The smallest absolute Gasteiger partial charge is 0.333 e. The number of aliphatic hydroxyl groups is 1. The highest BCUT2D eigenvalue weighted by Gasteiger charge is 2.01. The Bertz CT molecular complexity index is 142. The van der Waals surface area contributed by atoms with Crippen LogP contribution in [0.5, 0.6) is 0 Å². The second kappa shape index (κ2) is 5.39. The van der Waals surface area contributed by atoms with Crippen LogP contribution in [0.15, 0.2) is 11.4 Å². The summed E-state index contributed by atoms with van der Waals surface area (Å²) >= 11 is 0. The zero-order valence-corrected chi connectivity index (χ0v) is 6.99. The predicted octanol–water partition coefficient (Wildman–Crippen LogP) is 0.301. The number of carbonyl (C=O) groups is 1. The summed E-state index contributed by atoms with van der Waals surface area (Å²) in [6.45, 7) is 1.58. The van der Waals surface area contributed by atoms with Gasteiger partial charge in [0.15, 0.2) is 0 Å². The Balaban J connectivity index is 3.63. The minimum atomic E-state index is -0.385. The molecule has 0 aliphatic rings. The summed E-state index contributed by atoms with van der Waals surface area (Å²) in [5, 5.41) is 8.27. The highest BCUT2D eigenvalue weighted by atomic mass is 31.0. The highest BCUT2D eigenvalue weighted by molar-refractivity contribution is 7.20. The average molecular weight is 162 g/mol. The summed E-state index contributed by atoms with van der Waals surface area (Å²) in [7, 11) is 2.30. The van der Waals surface area contributed by atoms with Crippen molar-refractivity contribution in [2.75, 3.05) is 13.2 Å². The van der Waals surface area contributed by atoms with E-state index in [9.17, 15) is 4.79 Å². The lowest BCUT2D eigenvalue weighted by Crippen LogP contribution is -2.08. The van der Waals surface area contributed by atoms with Crippen molar-refractivity contribution in [3.05, 3.63) is 11.4 Å². The zero-order chi connectivity index (χ0) is 7.98. The first-order valence-corrected chi connectivity index (χ1v) is 3.55. The number of hydrogen-bond acceptors (Lipinski definition) is 3. The van der Waals surface area contributed by atoms with E-state index in [-0.39, 0.29) is 19.2 Å². The normalized spacial score (nSPS) is 11.3. The van der Waals surface area contributed by atoms with Gasteiger partial charge in [0.1, 0.15) is 6.61 Å². The van der Waals surface area contributed by atoms with E-state index in [0.717, 1.165) is 0 Å². The van der Waals surface area contributed by atoms with Crippen molar-refractivity contribution in [3.63, 3.8) is 0 Å². The first-order valence-electron chi connectivity index (χ1n) is 2.89. The molecule has 3 nitrogen and oxygen atoms in total. The van der Waals surface area contributed by atoms with E-state index >= 15 is 0 Å². The second-order valence-electron chi connectivity index (χ2n) is 1.71. The van der Waals surface area contributed by atoms with Gasteiger partial charge in [-0.25, -0.2) is 4.79 Å². The molecule has 1 unspecified atom stereocenters. The van der Waals surface area contributed by atoms with Crippen molar-refractivity contribution in [3.8, 4) is 0 Å². The molecule has 4 heteroatoms. The van der Waals surface area contributed by atoms with Crippen LogP contribution in [0, 0.1) is 0 Å². The number of ether oxygens (including phenoxy) is 1. The standard InChI is InChI=1S/C6H11O3P/c1-5(4-10)6(8)9-3-2-7/h4,7H,2-3,10H2,1H3. The maximum atomic E-state index is 10.7. The van der Waals surface area contributed by atoms with Crippen LogP contribution in [-0.4, -0.2) is 24.3 Å². The first kappa shape index (κ1) is 9.60. The molecule has 0 bridgehead atoms. The zero-order valence-electron chi connectivity index (χ0n) is 5.83. The molecule has 58 valence electrons. The number of rotatable bonds is 3. The monoisotopic (exact) mass is 162 g/mol. The second-order valence-corrected chi connectivity index (χ2v) is 2.04. The fourth-order valence-corrected chi connectivity index (χ4v) is 0.456. The van der Waals surface area contributed by atoms with E-state index in [1.165, 1.54) is 0 Å². The molecule has 10 heavy (non-hydrogen) atoms. The molecule has 0 saturated carbocycles. The molecule has 1 N–H and O–H groups in total. The number of esters is 1. The minimum absolute atomic E-state index is 0.0642. The lowest BCUT2D eigenvalue weighted by Gasteiger charge is -2.00. The molecule has 0 aromatic heterocycles. The van der Waals surface area contributed by atoms with Crippen molar-refractivity contribution in [1.29, 1.82) is 0 Å². The van der Waals surface area contributed by atoms with Crippen molar-refractivity contribution in [2.45, 2.75) is 6.92 Å². The van der Waals surface area contributed by atoms with Gasteiger partial charge in [-0.1, -0.05) is 5.82 Å². The molecule has 0 amide bonds. The third-order valence-electron chi connectivity index (χ3n) is 0.896. The highest BCUT2D eigenvalue weighted by Crippen LogP contribution is 1.99. The van der Waals surface area contributed by atoms with Crippen molar-refractivity contribution in [2.24, 2.45) is 0 Å². The molecule has 0 spiro atoms. The molecular formula is C6H11O3P. The Morgan fingerprint density at radius 2 is 2.40 bits per heavy atom. The van der Waals surface area contributed by atoms with E-state index in [0.29, 0.717) is 5.57 Å². The van der Waals surface area contributed by atoms with Gasteiger partial charge in [0, 0.05) is 5.57 Å². The Hall–Kier alpha value is -0.400. The van der Waals surface area contributed by atoms with Gasteiger partial charge in [0.25, 0.3) is 0 Å². The third kappa shape index (κ3) is 3.59. The largest absolute Gasteiger partial charge is 0.460 e. The van der Waals surface area contributed by atoms with Gasteiger partial charge >= 0.3 is 5.97 Å². The molecule has 1 atom stereocenters. The molecule has 0 aromatic carbocycles. The Kier molecular flexibility index (Phi) is 5.17. The van der Waals surface area contributed by atoms with Crippen LogP contribution < -0.4 is 0 Å². The van der Waals surface area contributed by atoms with Gasteiger partial charge in [-0.3, -0.25) is 0 Å². The summed E-state index contributed by atoms with van der Waals surface area (Å²) in [5.41, 5.74) is 0.526. The van der Waals surface area contributed by atoms with Gasteiger partial charge in [-0.2, -0.15) is 0 Å². The van der Waals surface area contributed by atoms with E-state index in [1.54, 1.807) is 12.7 Å². The first-order chi connectivity index (χ1) is 4.72. The molecular weight excluding hydrogens is 151 g/mol. The number of carbonyl (C=O) groups excluding carboxylic acids is 1. The fourth-order valence-electron chi connectivity index (χ4n) is 0.320. The molecule has 0 aromatic rings. The van der Waals surface area contributed by atoms with Crippen LogP contribution in [0.25, 0.3) is 0 Å². The maximum Gasteiger partial charge on any atom is 0.333 e. The van der Waals surface area contributed by atoms with E-state index in [4.69, 9.17) is 5.11 Å². The van der Waals surface area contributed by atoms with Crippen LogP contribution in [-0.2, 0) is 9.53 Å². The molecule has 0 rings (SSSR count). The summed E-state index contributed by atoms with van der Waals surface area (Å²) in [4.78, 5) is 10.7. The Labute approximate surface area is 62.3 Å². The summed E-state index contributed by atoms with van der Waals surface area (Å²) in [5.74, 6) is 1.20. The third-order valence-corrected chi connectivity index (χ3v) is 1.40. The average Bonchev–Trinajstić information content (AvgIpc) is 1.98. The van der Waals surface area contributed by atoms with Gasteiger partial charge in [0.2, 0.25) is 0 Å². The lowest BCUT2D eigenvalue weighted by molar-refractivity contribution is -0.139. The summed E-state index contributed by atoms with van der Waals surface area (Å²) < 4.78 is 4.57. The van der Waals surface area contributed by atoms with Gasteiger partial charge < -0.3 is 9.84 Å². The van der Waals surface area contributed by atoms with Gasteiger partial charge in [-0.15, -0.1) is 9.24 Å². The van der Waals surface area contributed by atoms with E-state index in [2.05, 4.69) is 14.0 Å². The van der Waals surface area contributed by atoms with Crippen molar-refractivity contribution < 1.29 is 14.6 Å². The maximum absolute atomic E-state index is 10.7. The van der Waals surface area contributed by atoms with Crippen LogP contribution in [0.2, 0.25) is 0 Å². The molecule has 0 aliphatic heterocycles. The Morgan fingerprint density at radius 3 is 2.80 bits per heavy atom. The van der Waals surface area contributed by atoms with Crippen LogP contribution in [0.1, 0.15) is 6.92 Å². The quantitative estimate of drug-likeness (QED) is 0.369. The van der Waals surface area contributed by atoms with E-state index in [1.807, 2.05) is 0 Å². The van der Waals surface area contributed by atoms with Gasteiger partial charge in [0.05, 0.1) is 6.61 Å². The fraction of sp³-hybridized carbons (Fsp3) is 0.500. The predicted molar refractivity (Wildman–Crippen MR) is 41.5 cm³/mol. The SMILES string of the molecule is CC(=CP)C(=O)OCCO. The molecule has 0 saturated heterocycles. The minimum Gasteiger partial charge on any atom is -0.460 e. The van der Waals surface area contributed by atoms with Crippen LogP contribution in [0.3, 0.4) is 0 Å². The number of aliphatic hydroxyl groups excluding tert-OH is 1. The molecule has 0 radical (unpaired) electrons. The van der Waals surface area contributed by atoms with Crippen LogP contribution >= 0.6 is 9.24 Å². The van der Waals surface area contributed by atoms with Gasteiger partial charge in [-0.05, 0) is 6.92 Å². The lowest BCUT2D eigenvalue weighted by atomic mass is 10.4. The Morgan fingerprint density at radius 1 is 1.80 bits per heavy atom. The van der Waals surface area contributed by atoms with Crippen LogP contribution in [0.4, 0.5) is 0 Å². The van der Waals surface area contributed by atoms with Crippen molar-refractivity contribution >= 4 is 15.2 Å². The summed E-state index contributed by atoms with van der Waals surface area (Å²) in [6.07, 6.45) is 0. The topological polar surface area (TPSA) is 46.5 Å². The summed E-state index contributed by atoms with van der Waals surface area (Å²) in [6, 6.07) is 0. The van der Waals surface area contributed by atoms with E-state index < -0.39 is 0 Å². The van der Waals surface area contributed by atoms with Crippen molar-refractivity contribution in [1.82, 2.24) is 0 Å². The molecule has 0 aliphatic carbocycles.